The van der Waals surface area contributed by atoms with Crippen LogP contribution in [-0.4, -0.2) is 25.3 Å². The highest BCUT2D eigenvalue weighted by molar-refractivity contribution is 6.33. The van der Waals surface area contributed by atoms with Crippen LogP contribution in [0.1, 0.15) is 0 Å². The maximum atomic E-state index is 12.9. The fourth-order valence-electron chi connectivity index (χ4n) is 0.770. The molecule has 2 nitrogen and oxygen atoms in total. The Morgan fingerprint density at radius 3 is 2.77 bits per heavy atom. The van der Waals surface area contributed by atoms with Gasteiger partial charge in [-0.1, -0.05) is 17.7 Å². The third-order valence-corrected chi connectivity index (χ3v) is 1.73. The largest absolute Gasteiger partial charge is 0.369 e. The van der Waals surface area contributed by atoms with Crippen LogP contribution in [-0.2, 0) is 0 Å². The Labute approximate surface area is 81.7 Å². The summed E-state index contributed by atoms with van der Waals surface area (Å²) in [5, 5.41) is 0.0561. The Bertz CT molecular complexity index is 323. The molecule has 0 aliphatic rings. The van der Waals surface area contributed by atoms with Gasteiger partial charge in [0.2, 0.25) is 0 Å². The van der Waals surface area contributed by atoms with E-state index in [4.69, 9.17) is 11.6 Å². The zero-order chi connectivity index (χ0) is 9.84. The first-order valence-electron chi connectivity index (χ1n) is 3.76. The molecule has 0 saturated carbocycles. The minimum Gasteiger partial charge on any atom is -0.369 e. The molecule has 13 heavy (non-hydrogen) atoms. The molecular formula is C9H10ClFN2. The summed E-state index contributed by atoms with van der Waals surface area (Å²) in [6.07, 6.45) is 1.57. The van der Waals surface area contributed by atoms with Crippen molar-refractivity contribution in [2.45, 2.75) is 0 Å². The highest BCUT2D eigenvalue weighted by Gasteiger charge is 2.02. The fraction of sp³-hybridized carbons (Fsp3) is 0.222. The summed E-state index contributed by atoms with van der Waals surface area (Å²) in [6.45, 7) is 0. The number of hydrogen-bond acceptors (Lipinski definition) is 1. The molecule has 0 aliphatic carbocycles. The summed E-state index contributed by atoms with van der Waals surface area (Å²) in [6, 6.07) is 4.53. The maximum Gasteiger partial charge on any atom is 0.143 e. The Morgan fingerprint density at radius 2 is 2.15 bits per heavy atom. The molecule has 0 N–H and O–H groups in total. The van der Waals surface area contributed by atoms with Crippen LogP contribution in [0.2, 0.25) is 5.02 Å². The summed E-state index contributed by atoms with van der Waals surface area (Å²) in [7, 11) is 3.66. The standard InChI is InChI=1S/C9H10ClFN2/c1-13(2)6-12-8-5-3-4-7(11)9(8)10/h3-6H,1-2H3. The molecule has 0 heterocycles. The molecule has 0 aromatic heterocycles. The van der Waals surface area contributed by atoms with Gasteiger partial charge in [0.25, 0.3) is 0 Å². The molecule has 0 unspecified atom stereocenters. The van der Waals surface area contributed by atoms with Crippen LogP contribution >= 0.6 is 11.6 Å². The van der Waals surface area contributed by atoms with Gasteiger partial charge in [-0.3, -0.25) is 0 Å². The second-order valence-electron chi connectivity index (χ2n) is 2.78. The first kappa shape index (κ1) is 9.99. The van der Waals surface area contributed by atoms with E-state index in [2.05, 4.69) is 4.99 Å². The molecule has 1 rings (SSSR count). The lowest BCUT2D eigenvalue weighted by Gasteiger charge is -2.03. The van der Waals surface area contributed by atoms with Crippen LogP contribution < -0.4 is 0 Å². The molecule has 0 bridgehead atoms. The minimum atomic E-state index is -0.449. The molecule has 0 fully saturated rings. The lowest BCUT2D eigenvalue weighted by molar-refractivity contribution is 0.627. The topological polar surface area (TPSA) is 15.6 Å². The van der Waals surface area contributed by atoms with E-state index in [0.29, 0.717) is 5.69 Å². The quantitative estimate of drug-likeness (QED) is 0.530. The van der Waals surface area contributed by atoms with Crippen LogP contribution in [0.5, 0.6) is 0 Å². The molecule has 0 atom stereocenters. The van der Waals surface area contributed by atoms with Crippen molar-refractivity contribution in [2.24, 2.45) is 4.99 Å². The predicted molar refractivity (Wildman–Crippen MR) is 53.2 cm³/mol. The Hall–Kier alpha value is -1.09. The van der Waals surface area contributed by atoms with E-state index < -0.39 is 5.82 Å². The molecule has 70 valence electrons. The van der Waals surface area contributed by atoms with E-state index in [1.807, 2.05) is 14.1 Å². The first-order valence-corrected chi connectivity index (χ1v) is 4.13. The molecule has 0 radical (unpaired) electrons. The van der Waals surface area contributed by atoms with Crippen molar-refractivity contribution in [3.05, 3.63) is 29.0 Å². The van der Waals surface area contributed by atoms with E-state index in [-0.39, 0.29) is 5.02 Å². The number of hydrogen-bond donors (Lipinski definition) is 0. The fourth-order valence-corrected chi connectivity index (χ4v) is 0.945. The second-order valence-corrected chi connectivity index (χ2v) is 3.16. The number of nitrogens with zero attached hydrogens (tertiary/aromatic N) is 2. The Balaban J connectivity index is 2.95. The molecule has 1 aromatic rings. The van der Waals surface area contributed by atoms with Gasteiger partial charge in [-0.25, -0.2) is 9.38 Å². The zero-order valence-electron chi connectivity index (χ0n) is 7.46. The molecular weight excluding hydrogens is 191 g/mol. The van der Waals surface area contributed by atoms with Gasteiger partial charge in [0.05, 0.1) is 12.0 Å². The number of halogens is 2. The smallest absolute Gasteiger partial charge is 0.143 e. The summed E-state index contributed by atoms with van der Waals surface area (Å²) >= 11 is 5.67. The summed E-state index contributed by atoms with van der Waals surface area (Å²) in [4.78, 5) is 5.75. The van der Waals surface area contributed by atoms with E-state index in [9.17, 15) is 4.39 Å². The lowest BCUT2D eigenvalue weighted by atomic mass is 10.3. The Morgan fingerprint density at radius 1 is 1.46 bits per heavy atom. The van der Waals surface area contributed by atoms with Gasteiger partial charge in [0, 0.05) is 14.1 Å². The number of rotatable bonds is 2. The van der Waals surface area contributed by atoms with Gasteiger partial charge in [-0.15, -0.1) is 0 Å². The highest BCUT2D eigenvalue weighted by atomic mass is 35.5. The lowest BCUT2D eigenvalue weighted by Crippen LogP contribution is -2.07. The van der Waals surface area contributed by atoms with Crippen molar-refractivity contribution >= 4 is 23.6 Å². The van der Waals surface area contributed by atoms with Gasteiger partial charge in [0.15, 0.2) is 0 Å². The number of benzene rings is 1. The third kappa shape index (κ3) is 2.70. The van der Waals surface area contributed by atoms with Gasteiger partial charge in [0.1, 0.15) is 10.8 Å². The van der Waals surface area contributed by atoms with Gasteiger partial charge in [-0.05, 0) is 12.1 Å². The summed E-state index contributed by atoms with van der Waals surface area (Å²) < 4.78 is 12.9. The number of aliphatic imine (C=N–C) groups is 1. The average molecular weight is 201 g/mol. The summed E-state index contributed by atoms with van der Waals surface area (Å²) in [5.74, 6) is -0.449. The Kier molecular flexibility index (Phi) is 3.25. The van der Waals surface area contributed by atoms with Gasteiger partial charge < -0.3 is 4.90 Å². The molecule has 0 saturated heterocycles. The first-order chi connectivity index (χ1) is 6.11. The van der Waals surface area contributed by atoms with Crippen molar-refractivity contribution in [3.8, 4) is 0 Å². The van der Waals surface area contributed by atoms with Crippen LogP contribution in [0.15, 0.2) is 23.2 Å². The molecule has 0 amide bonds. The second kappa shape index (κ2) is 4.23. The highest BCUT2D eigenvalue weighted by Crippen LogP contribution is 2.26. The average Bonchev–Trinajstić information content (AvgIpc) is 2.07. The summed E-state index contributed by atoms with van der Waals surface area (Å²) in [5.41, 5.74) is 0.440. The molecule has 0 spiro atoms. The van der Waals surface area contributed by atoms with E-state index >= 15 is 0 Å². The van der Waals surface area contributed by atoms with Crippen LogP contribution in [0.25, 0.3) is 0 Å². The predicted octanol–water partition coefficient (Wildman–Crippen LogP) is 2.70. The van der Waals surface area contributed by atoms with Crippen molar-refractivity contribution < 1.29 is 4.39 Å². The SMILES string of the molecule is CN(C)C=Nc1cccc(F)c1Cl. The molecule has 1 aromatic carbocycles. The van der Waals surface area contributed by atoms with Crippen molar-refractivity contribution in [2.75, 3.05) is 14.1 Å². The monoisotopic (exact) mass is 200 g/mol. The maximum absolute atomic E-state index is 12.9. The molecule has 0 aliphatic heterocycles. The third-order valence-electron chi connectivity index (χ3n) is 1.36. The van der Waals surface area contributed by atoms with Crippen molar-refractivity contribution in [3.63, 3.8) is 0 Å². The van der Waals surface area contributed by atoms with Crippen molar-refractivity contribution in [1.29, 1.82) is 0 Å². The van der Waals surface area contributed by atoms with E-state index in [0.717, 1.165) is 0 Å². The van der Waals surface area contributed by atoms with E-state index in [1.54, 1.807) is 23.4 Å². The van der Waals surface area contributed by atoms with Crippen LogP contribution in [0.4, 0.5) is 10.1 Å². The van der Waals surface area contributed by atoms with Gasteiger partial charge >= 0.3 is 0 Å². The zero-order valence-corrected chi connectivity index (χ0v) is 8.22. The van der Waals surface area contributed by atoms with Crippen LogP contribution in [0, 0.1) is 5.82 Å². The van der Waals surface area contributed by atoms with E-state index in [1.165, 1.54) is 6.07 Å². The molecule has 4 heteroatoms. The van der Waals surface area contributed by atoms with Crippen molar-refractivity contribution in [1.82, 2.24) is 4.90 Å². The van der Waals surface area contributed by atoms with Crippen LogP contribution in [0.3, 0.4) is 0 Å². The normalized spacial score (nSPS) is 10.8. The minimum absolute atomic E-state index is 0.0561. The van der Waals surface area contributed by atoms with Gasteiger partial charge in [-0.2, -0.15) is 0 Å².